The van der Waals surface area contributed by atoms with Crippen LogP contribution >= 0.6 is 0 Å². The van der Waals surface area contributed by atoms with E-state index in [0.29, 0.717) is 12.1 Å². The number of hydrogen-bond donors (Lipinski definition) is 1. The van der Waals surface area contributed by atoms with Gasteiger partial charge in [0, 0.05) is 6.04 Å². The summed E-state index contributed by atoms with van der Waals surface area (Å²) in [5.74, 6) is 1.81. The van der Waals surface area contributed by atoms with Crippen molar-refractivity contribution in [2.24, 2.45) is 5.92 Å². The highest BCUT2D eigenvalue weighted by atomic mass is 16.3. The Bertz CT molecular complexity index is 256. The van der Waals surface area contributed by atoms with E-state index in [1.165, 1.54) is 12.8 Å². The van der Waals surface area contributed by atoms with Crippen molar-refractivity contribution in [2.45, 2.75) is 52.6 Å². The van der Waals surface area contributed by atoms with Gasteiger partial charge >= 0.3 is 0 Å². The fourth-order valence-electron chi connectivity index (χ4n) is 1.88. The van der Waals surface area contributed by atoms with E-state index in [9.17, 15) is 0 Å². The monoisotopic (exact) mass is 209 g/mol. The molecule has 0 aliphatic carbocycles. The van der Waals surface area contributed by atoms with Crippen molar-refractivity contribution in [3.63, 3.8) is 0 Å². The van der Waals surface area contributed by atoms with Gasteiger partial charge in [0.1, 0.15) is 5.76 Å². The molecular weight excluding hydrogens is 186 g/mol. The molecule has 0 saturated carbocycles. The minimum absolute atomic E-state index is 0.305. The van der Waals surface area contributed by atoms with Crippen LogP contribution in [0.1, 0.15) is 52.3 Å². The summed E-state index contributed by atoms with van der Waals surface area (Å²) in [6.45, 7) is 8.93. The Kier molecular flexibility index (Phi) is 4.89. The van der Waals surface area contributed by atoms with Crippen LogP contribution in [0.3, 0.4) is 0 Å². The molecule has 1 heterocycles. The molecule has 1 aromatic heterocycles. The Morgan fingerprint density at radius 3 is 2.60 bits per heavy atom. The number of rotatable bonds is 6. The van der Waals surface area contributed by atoms with E-state index in [1.807, 2.05) is 12.1 Å². The lowest BCUT2D eigenvalue weighted by molar-refractivity contribution is 0.354. The SMILES string of the molecule is CCC(C)CC(C)NC(C)c1ccco1. The third-order valence-corrected chi connectivity index (χ3v) is 2.96. The summed E-state index contributed by atoms with van der Waals surface area (Å²) < 4.78 is 5.36. The maximum absolute atomic E-state index is 5.36. The summed E-state index contributed by atoms with van der Waals surface area (Å²) >= 11 is 0. The summed E-state index contributed by atoms with van der Waals surface area (Å²) in [5.41, 5.74) is 0. The van der Waals surface area contributed by atoms with Crippen molar-refractivity contribution in [1.29, 1.82) is 0 Å². The Morgan fingerprint density at radius 2 is 2.07 bits per heavy atom. The normalized spacial score (nSPS) is 17.3. The molecule has 0 aromatic carbocycles. The largest absolute Gasteiger partial charge is 0.468 e. The molecule has 0 saturated heterocycles. The Hall–Kier alpha value is -0.760. The van der Waals surface area contributed by atoms with Crippen molar-refractivity contribution in [1.82, 2.24) is 5.32 Å². The maximum atomic E-state index is 5.36. The van der Waals surface area contributed by atoms with Gasteiger partial charge in [-0.15, -0.1) is 0 Å². The van der Waals surface area contributed by atoms with Crippen molar-refractivity contribution in [3.8, 4) is 0 Å². The van der Waals surface area contributed by atoms with Crippen LogP contribution in [0.25, 0.3) is 0 Å². The van der Waals surface area contributed by atoms with Gasteiger partial charge in [-0.05, 0) is 38.3 Å². The lowest BCUT2D eigenvalue weighted by Crippen LogP contribution is -2.30. The lowest BCUT2D eigenvalue weighted by atomic mass is 10.00. The number of nitrogens with one attached hydrogen (secondary N) is 1. The fourth-order valence-corrected chi connectivity index (χ4v) is 1.88. The highest BCUT2D eigenvalue weighted by Crippen LogP contribution is 2.16. The highest BCUT2D eigenvalue weighted by molar-refractivity contribution is 5.03. The Balaban J connectivity index is 2.34. The van der Waals surface area contributed by atoms with Crippen molar-refractivity contribution in [2.75, 3.05) is 0 Å². The van der Waals surface area contributed by atoms with Gasteiger partial charge in [-0.1, -0.05) is 20.3 Å². The first-order valence-electron chi connectivity index (χ1n) is 5.93. The molecule has 3 atom stereocenters. The molecule has 0 spiro atoms. The van der Waals surface area contributed by atoms with Crippen LogP contribution in [-0.2, 0) is 0 Å². The van der Waals surface area contributed by atoms with Gasteiger partial charge < -0.3 is 9.73 Å². The van der Waals surface area contributed by atoms with Gasteiger partial charge in [0.05, 0.1) is 12.3 Å². The van der Waals surface area contributed by atoms with E-state index in [1.54, 1.807) is 6.26 Å². The van der Waals surface area contributed by atoms with E-state index in [4.69, 9.17) is 4.42 Å². The van der Waals surface area contributed by atoms with Crippen LogP contribution in [-0.4, -0.2) is 6.04 Å². The van der Waals surface area contributed by atoms with Crippen LogP contribution in [0, 0.1) is 5.92 Å². The summed E-state index contributed by atoms with van der Waals surface area (Å²) in [7, 11) is 0. The molecule has 0 aliphatic heterocycles. The van der Waals surface area contributed by atoms with Crippen LogP contribution in [0.2, 0.25) is 0 Å². The second-order valence-corrected chi connectivity index (χ2v) is 4.55. The molecule has 3 unspecified atom stereocenters. The second kappa shape index (κ2) is 5.96. The molecule has 2 nitrogen and oxygen atoms in total. The van der Waals surface area contributed by atoms with Crippen LogP contribution < -0.4 is 5.32 Å². The summed E-state index contributed by atoms with van der Waals surface area (Å²) in [4.78, 5) is 0. The first-order valence-corrected chi connectivity index (χ1v) is 5.93. The minimum atomic E-state index is 0.305. The van der Waals surface area contributed by atoms with E-state index < -0.39 is 0 Å². The lowest BCUT2D eigenvalue weighted by Gasteiger charge is -2.21. The van der Waals surface area contributed by atoms with E-state index >= 15 is 0 Å². The van der Waals surface area contributed by atoms with Crippen LogP contribution in [0.5, 0.6) is 0 Å². The molecule has 2 heteroatoms. The Labute approximate surface area is 93.1 Å². The van der Waals surface area contributed by atoms with Crippen LogP contribution in [0.4, 0.5) is 0 Å². The maximum Gasteiger partial charge on any atom is 0.120 e. The average Bonchev–Trinajstić information content (AvgIpc) is 2.70. The summed E-state index contributed by atoms with van der Waals surface area (Å²) in [5, 5.41) is 3.55. The average molecular weight is 209 g/mol. The molecule has 0 radical (unpaired) electrons. The zero-order valence-corrected chi connectivity index (χ0v) is 10.3. The third-order valence-electron chi connectivity index (χ3n) is 2.96. The molecule has 86 valence electrons. The molecule has 1 aromatic rings. The van der Waals surface area contributed by atoms with Crippen molar-refractivity contribution < 1.29 is 4.42 Å². The molecule has 0 aliphatic rings. The van der Waals surface area contributed by atoms with Gasteiger partial charge in [0.2, 0.25) is 0 Å². The standard InChI is InChI=1S/C13H23NO/c1-5-10(2)9-11(3)14-12(4)13-7-6-8-15-13/h6-8,10-12,14H,5,9H2,1-4H3. The van der Waals surface area contributed by atoms with Crippen molar-refractivity contribution in [3.05, 3.63) is 24.2 Å². The first kappa shape index (κ1) is 12.3. The first-order chi connectivity index (χ1) is 7.13. The molecule has 1 rings (SSSR count). The Morgan fingerprint density at radius 1 is 1.33 bits per heavy atom. The quantitative estimate of drug-likeness (QED) is 0.771. The predicted molar refractivity (Wildman–Crippen MR) is 63.8 cm³/mol. The summed E-state index contributed by atoms with van der Waals surface area (Å²) in [6.07, 6.45) is 4.20. The van der Waals surface area contributed by atoms with Gasteiger partial charge in [0.15, 0.2) is 0 Å². The van der Waals surface area contributed by atoms with E-state index in [0.717, 1.165) is 11.7 Å². The zero-order chi connectivity index (χ0) is 11.3. The number of hydrogen-bond acceptors (Lipinski definition) is 2. The second-order valence-electron chi connectivity index (χ2n) is 4.55. The van der Waals surface area contributed by atoms with Crippen LogP contribution in [0.15, 0.2) is 22.8 Å². The molecule has 0 amide bonds. The summed E-state index contributed by atoms with van der Waals surface area (Å²) in [6, 6.07) is 4.81. The zero-order valence-electron chi connectivity index (χ0n) is 10.3. The fraction of sp³-hybridized carbons (Fsp3) is 0.692. The molecule has 15 heavy (non-hydrogen) atoms. The predicted octanol–water partition coefficient (Wildman–Crippen LogP) is 3.75. The van der Waals surface area contributed by atoms with Gasteiger partial charge in [-0.3, -0.25) is 0 Å². The molecular formula is C13H23NO. The molecule has 0 fully saturated rings. The molecule has 1 N–H and O–H groups in total. The highest BCUT2D eigenvalue weighted by Gasteiger charge is 2.13. The van der Waals surface area contributed by atoms with Gasteiger partial charge in [-0.2, -0.15) is 0 Å². The topological polar surface area (TPSA) is 25.2 Å². The third kappa shape index (κ3) is 4.08. The van der Waals surface area contributed by atoms with E-state index in [2.05, 4.69) is 33.0 Å². The van der Waals surface area contributed by atoms with Gasteiger partial charge in [0.25, 0.3) is 0 Å². The van der Waals surface area contributed by atoms with Crippen molar-refractivity contribution >= 4 is 0 Å². The van der Waals surface area contributed by atoms with E-state index in [-0.39, 0.29) is 0 Å². The smallest absolute Gasteiger partial charge is 0.120 e. The minimum Gasteiger partial charge on any atom is -0.468 e. The van der Waals surface area contributed by atoms with Gasteiger partial charge in [-0.25, -0.2) is 0 Å². The molecule has 0 bridgehead atoms. The number of furan rings is 1.